The lowest BCUT2D eigenvalue weighted by Crippen LogP contribution is -2.48. The van der Waals surface area contributed by atoms with Crippen molar-refractivity contribution in [3.63, 3.8) is 0 Å². The molecule has 0 spiro atoms. The van der Waals surface area contributed by atoms with Crippen molar-refractivity contribution in [3.8, 4) is 11.4 Å². The highest BCUT2D eigenvalue weighted by atomic mass is 35.5. The zero-order chi connectivity index (χ0) is 18.0. The summed E-state index contributed by atoms with van der Waals surface area (Å²) in [4.78, 5) is 17.0. The molecule has 3 aromatic rings. The van der Waals surface area contributed by atoms with E-state index in [-0.39, 0.29) is 18.3 Å². The predicted octanol–water partition coefficient (Wildman–Crippen LogP) is 4.12. The summed E-state index contributed by atoms with van der Waals surface area (Å²) in [5, 5.41) is 2.90. The number of carbonyl (C=O) groups excluding carboxylic acids is 1. The van der Waals surface area contributed by atoms with E-state index in [1.54, 1.807) is 6.92 Å². The first-order valence-corrected chi connectivity index (χ1v) is 8.54. The Morgan fingerprint density at radius 3 is 2.46 bits per heavy atom. The zero-order valence-corrected chi connectivity index (χ0v) is 16.1. The van der Waals surface area contributed by atoms with Crippen molar-refractivity contribution in [3.05, 3.63) is 48.5 Å². The van der Waals surface area contributed by atoms with E-state index in [2.05, 4.69) is 16.0 Å². The number of carbonyl (C=O) groups is 1. The van der Waals surface area contributed by atoms with Crippen molar-refractivity contribution >= 4 is 35.0 Å². The molecule has 0 aliphatic rings. The topological polar surface area (TPSA) is 72.9 Å². The number of rotatable bonds is 5. The molecule has 5 nitrogen and oxygen atoms in total. The fourth-order valence-electron chi connectivity index (χ4n) is 3.01. The average molecular weight is 373 g/mol. The number of aromatic nitrogens is 2. The molecular formula is C20H25ClN4O. The van der Waals surface area contributed by atoms with Crippen LogP contribution in [0, 0.1) is 0 Å². The molecule has 1 atom stereocenters. The number of benzene rings is 2. The fourth-order valence-corrected chi connectivity index (χ4v) is 3.01. The molecule has 0 fully saturated rings. The smallest absolute Gasteiger partial charge is 0.244 e. The van der Waals surface area contributed by atoms with Crippen LogP contribution in [0.15, 0.2) is 48.5 Å². The van der Waals surface area contributed by atoms with Crippen LogP contribution in [0.1, 0.15) is 26.7 Å². The lowest BCUT2D eigenvalue weighted by Gasteiger charge is -2.22. The fraction of sp³-hybridized carbons (Fsp3) is 0.300. The predicted molar refractivity (Wildman–Crippen MR) is 110 cm³/mol. The van der Waals surface area contributed by atoms with Crippen LogP contribution < -0.4 is 11.1 Å². The second kappa shape index (κ2) is 7.89. The second-order valence-corrected chi connectivity index (χ2v) is 6.68. The quantitative estimate of drug-likeness (QED) is 0.707. The number of para-hydroxylation sites is 2. The van der Waals surface area contributed by atoms with Gasteiger partial charge in [-0.3, -0.25) is 4.79 Å². The third kappa shape index (κ3) is 3.89. The van der Waals surface area contributed by atoms with Gasteiger partial charge in [0.1, 0.15) is 5.82 Å². The highest BCUT2D eigenvalue weighted by Crippen LogP contribution is 2.25. The van der Waals surface area contributed by atoms with Gasteiger partial charge in [-0.25, -0.2) is 4.98 Å². The Morgan fingerprint density at radius 1 is 1.19 bits per heavy atom. The summed E-state index contributed by atoms with van der Waals surface area (Å²) in [5.41, 5.74) is 9.02. The zero-order valence-electron chi connectivity index (χ0n) is 15.3. The Balaban J connectivity index is 0.00000243. The van der Waals surface area contributed by atoms with Gasteiger partial charge < -0.3 is 15.6 Å². The van der Waals surface area contributed by atoms with Crippen molar-refractivity contribution in [2.45, 2.75) is 32.2 Å². The minimum absolute atomic E-state index is 0. The molecule has 3 N–H and O–H groups in total. The molecule has 2 aromatic carbocycles. The van der Waals surface area contributed by atoms with Gasteiger partial charge in [0, 0.05) is 18.3 Å². The third-order valence-electron chi connectivity index (χ3n) is 4.48. The van der Waals surface area contributed by atoms with Crippen molar-refractivity contribution in [1.82, 2.24) is 9.55 Å². The van der Waals surface area contributed by atoms with Gasteiger partial charge in [-0.2, -0.15) is 0 Å². The van der Waals surface area contributed by atoms with E-state index in [9.17, 15) is 4.79 Å². The maximum absolute atomic E-state index is 12.3. The van der Waals surface area contributed by atoms with E-state index in [4.69, 9.17) is 10.7 Å². The summed E-state index contributed by atoms with van der Waals surface area (Å²) < 4.78 is 2.07. The molecule has 138 valence electrons. The minimum atomic E-state index is -0.856. The Labute approximate surface area is 160 Å². The van der Waals surface area contributed by atoms with E-state index in [0.717, 1.165) is 34.5 Å². The molecule has 1 aromatic heterocycles. The number of fused-ring (bicyclic) bond motifs is 1. The summed E-state index contributed by atoms with van der Waals surface area (Å²) >= 11 is 0. The molecule has 26 heavy (non-hydrogen) atoms. The van der Waals surface area contributed by atoms with Crippen molar-refractivity contribution in [2.24, 2.45) is 12.8 Å². The summed E-state index contributed by atoms with van der Waals surface area (Å²) in [7, 11) is 2.00. The average Bonchev–Trinajstić information content (AvgIpc) is 2.93. The number of halogens is 1. The summed E-state index contributed by atoms with van der Waals surface area (Å²) in [6.45, 7) is 3.78. The van der Waals surface area contributed by atoms with E-state index in [1.807, 2.05) is 56.4 Å². The highest BCUT2D eigenvalue weighted by molar-refractivity contribution is 5.97. The minimum Gasteiger partial charge on any atom is -0.327 e. The summed E-state index contributed by atoms with van der Waals surface area (Å²) in [5.74, 6) is 0.735. The Bertz CT molecular complexity index is 900. The van der Waals surface area contributed by atoms with Crippen LogP contribution in [0.4, 0.5) is 5.69 Å². The summed E-state index contributed by atoms with van der Waals surface area (Å²) in [6.07, 6.45) is 1.52. The van der Waals surface area contributed by atoms with Crippen molar-refractivity contribution < 1.29 is 4.79 Å². The van der Waals surface area contributed by atoms with Gasteiger partial charge >= 0.3 is 0 Å². The number of aryl methyl sites for hydroxylation is 1. The van der Waals surface area contributed by atoms with Crippen LogP contribution in [0.2, 0.25) is 0 Å². The van der Waals surface area contributed by atoms with Crippen LogP contribution in [0.5, 0.6) is 0 Å². The number of nitrogens with two attached hydrogens (primary N) is 1. The monoisotopic (exact) mass is 372 g/mol. The molecule has 3 rings (SSSR count). The Kier molecular flexibility index (Phi) is 6.05. The Hall–Kier alpha value is -2.37. The first-order chi connectivity index (χ1) is 11.9. The number of hydrogen-bond donors (Lipinski definition) is 2. The molecule has 1 unspecified atom stereocenters. The first-order valence-electron chi connectivity index (χ1n) is 8.54. The van der Waals surface area contributed by atoms with Crippen molar-refractivity contribution in [1.29, 1.82) is 0 Å². The number of nitrogens with one attached hydrogen (secondary N) is 1. The van der Waals surface area contributed by atoms with Crippen LogP contribution in [0.3, 0.4) is 0 Å². The Morgan fingerprint density at radius 2 is 1.85 bits per heavy atom. The van der Waals surface area contributed by atoms with Gasteiger partial charge in [0.25, 0.3) is 0 Å². The molecule has 0 aliphatic carbocycles. The molecular weight excluding hydrogens is 348 g/mol. The molecule has 0 saturated heterocycles. The summed E-state index contributed by atoms with van der Waals surface area (Å²) in [6, 6.07) is 15.7. The molecule has 1 heterocycles. The van der Waals surface area contributed by atoms with Crippen LogP contribution >= 0.6 is 12.4 Å². The van der Waals surface area contributed by atoms with Gasteiger partial charge in [0.2, 0.25) is 5.91 Å². The van der Waals surface area contributed by atoms with E-state index in [1.165, 1.54) is 0 Å². The van der Waals surface area contributed by atoms with Crippen LogP contribution in [-0.2, 0) is 11.8 Å². The van der Waals surface area contributed by atoms with Gasteiger partial charge in [-0.05, 0) is 49.7 Å². The highest BCUT2D eigenvalue weighted by Gasteiger charge is 2.27. The SMILES string of the molecule is CCCC(C)(N)C(=O)Nc1ccc(-c2nc3ccccc3n2C)cc1.Cl. The maximum atomic E-state index is 12.3. The standard InChI is InChI=1S/C20H24N4O.ClH/c1-4-13-20(2,21)19(25)22-15-11-9-14(10-12-15)18-23-16-7-5-6-8-17(16)24(18)3;/h5-12H,4,13,21H2,1-3H3,(H,22,25);1H. The van der Waals surface area contributed by atoms with Gasteiger partial charge in [-0.1, -0.05) is 25.5 Å². The molecule has 0 aliphatic heterocycles. The number of hydrogen-bond acceptors (Lipinski definition) is 3. The molecule has 6 heteroatoms. The van der Waals surface area contributed by atoms with Crippen LogP contribution in [-0.4, -0.2) is 21.0 Å². The van der Waals surface area contributed by atoms with Gasteiger partial charge in [0.15, 0.2) is 0 Å². The van der Waals surface area contributed by atoms with E-state index in [0.29, 0.717) is 6.42 Å². The number of amides is 1. The van der Waals surface area contributed by atoms with E-state index >= 15 is 0 Å². The first kappa shape index (κ1) is 19.9. The largest absolute Gasteiger partial charge is 0.327 e. The van der Waals surface area contributed by atoms with E-state index < -0.39 is 5.54 Å². The lowest BCUT2D eigenvalue weighted by molar-refractivity contribution is -0.120. The second-order valence-electron chi connectivity index (χ2n) is 6.68. The van der Waals surface area contributed by atoms with Gasteiger partial charge in [0.05, 0.1) is 16.6 Å². The van der Waals surface area contributed by atoms with Crippen molar-refractivity contribution in [2.75, 3.05) is 5.32 Å². The number of anilines is 1. The number of imidazole rings is 1. The molecule has 0 radical (unpaired) electrons. The maximum Gasteiger partial charge on any atom is 0.244 e. The molecule has 1 amide bonds. The number of nitrogens with zero attached hydrogens (tertiary/aromatic N) is 2. The third-order valence-corrected chi connectivity index (χ3v) is 4.48. The lowest BCUT2D eigenvalue weighted by atomic mass is 9.96. The van der Waals surface area contributed by atoms with Gasteiger partial charge in [-0.15, -0.1) is 12.4 Å². The van der Waals surface area contributed by atoms with Crippen LogP contribution in [0.25, 0.3) is 22.4 Å². The molecule has 0 saturated carbocycles. The molecule has 0 bridgehead atoms. The normalized spacial score (nSPS) is 13.1.